The zero-order chi connectivity index (χ0) is 21.9. The first-order chi connectivity index (χ1) is 14.3. The van der Waals surface area contributed by atoms with Crippen LogP contribution in [-0.2, 0) is 16.1 Å². The van der Waals surface area contributed by atoms with Crippen LogP contribution in [0, 0.1) is 5.92 Å². The number of benzene rings is 2. The van der Waals surface area contributed by atoms with Gasteiger partial charge in [0, 0.05) is 24.9 Å². The Morgan fingerprint density at radius 1 is 0.967 bits per heavy atom. The molecule has 0 atom stereocenters. The molecule has 0 fully saturated rings. The average Bonchev–Trinajstić information content (AvgIpc) is 2.74. The summed E-state index contributed by atoms with van der Waals surface area (Å²) in [5.74, 6) is -0.121. The van der Waals surface area contributed by atoms with Gasteiger partial charge < -0.3 is 10.1 Å². The van der Waals surface area contributed by atoms with Crippen molar-refractivity contribution in [1.82, 2.24) is 16.2 Å². The zero-order valence-corrected chi connectivity index (χ0v) is 18.6. The van der Waals surface area contributed by atoms with Gasteiger partial charge in [-0.3, -0.25) is 25.2 Å². The molecule has 160 valence electrons. The maximum Gasteiger partial charge on any atom is 0.269 e. The Kier molecular flexibility index (Phi) is 9.34. The second-order valence-corrected chi connectivity index (χ2v) is 7.97. The molecule has 2 aromatic rings. The molecule has 0 aromatic heterocycles. The summed E-state index contributed by atoms with van der Waals surface area (Å²) in [5.41, 5.74) is 6.01. The summed E-state index contributed by atoms with van der Waals surface area (Å²) in [7, 11) is 0. The third kappa shape index (κ3) is 8.24. The van der Waals surface area contributed by atoms with E-state index in [1.165, 1.54) is 0 Å². The first kappa shape index (κ1) is 23.4. The molecule has 0 heterocycles. The zero-order valence-electron chi connectivity index (χ0n) is 17.0. The van der Waals surface area contributed by atoms with Crippen molar-refractivity contribution in [2.75, 3.05) is 6.61 Å². The van der Waals surface area contributed by atoms with Crippen LogP contribution in [0.3, 0.4) is 0 Å². The van der Waals surface area contributed by atoms with Gasteiger partial charge in [0.15, 0.2) is 0 Å². The number of carbonyl (C=O) groups excluding carboxylic acids is 3. The van der Waals surface area contributed by atoms with E-state index in [1.807, 2.05) is 44.2 Å². The molecule has 7 nitrogen and oxygen atoms in total. The van der Waals surface area contributed by atoms with E-state index < -0.39 is 11.8 Å². The molecule has 0 aliphatic carbocycles. The van der Waals surface area contributed by atoms with E-state index in [-0.39, 0.29) is 18.7 Å². The summed E-state index contributed by atoms with van der Waals surface area (Å²) in [6, 6.07) is 14.4. The van der Waals surface area contributed by atoms with Crippen LogP contribution in [0.25, 0.3) is 0 Å². The standard InChI is InChI=1S/C22H26BrN3O4/c1-15(2)14-30-19-9-8-17(12-18(19)23)22(29)26-25-21(28)11-10-20(27)24-13-16-6-4-3-5-7-16/h3-9,12,15H,10-11,13-14H2,1-2H3,(H,24,27)(H,25,28)(H,26,29). The van der Waals surface area contributed by atoms with Crippen LogP contribution in [-0.4, -0.2) is 24.3 Å². The van der Waals surface area contributed by atoms with Gasteiger partial charge in [-0.25, -0.2) is 0 Å². The van der Waals surface area contributed by atoms with Crippen LogP contribution in [0.5, 0.6) is 5.75 Å². The van der Waals surface area contributed by atoms with Crippen LogP contribution in [0.4, 0.5) is 0 Å². The van der Waals surface area contributed by atoms with Crippen molar-refractivity contribution in [2.24, 2.45) is 5.92 Å². The van der Waals surface area contributed by atoms with E-state index in [9.17, 15) is 14.4 Å². The SMILES string of the molecule is CC(C)COc1ccc(C(=O)NNC(=O)CCC(=O)NCc2ccccc2)cc1Br. The van der Waals surface area contributed by atoms with Gasteiger partial charge in [-0.05, 0) is 45.6 Å². The summed E-state index contributed by atoms with van der Waals surface area (Å²) < 4.78 is 6.30. The minimum atomic E-state index is -0.465. The van der Waals surface area contributed by atoms with Crippen LogP contribution < -0.4 is 20.9 Å². The van der Waals surface area contributed by atoms with Crippen LogP contribution in [0.15, 0.2) is 53.0 Å². The van der Waals surface area contributed by atoms with Crippen LogP contribution >= 0.6 is 15.9 Å². The Morgan fingerprint density at radius 2 is 1.67 bits per heavy atom. The van der Waals surface area contributed by atoms with Crippen LogP contribution in [0.2, 0.25) is 0 Å². The van der Waals surface area contributed by atoms with Crippen LogP contribution in [0.1, 0.15) is 42.6 Å². The van der Waals surface area contributed by atoms with Gasteiger partial charge in [0.1, 0.15) is 5.75 Å². The number of ether oxygens (including phenoxy) is 1. The molecule has 0 saturated heterocycles. The second kappa shape index (κ2) is 12.0. The second-order valence-electron chi connectivity index (χ2n) is 7.11. The Hall–Kier alpha value is -2.87. The molecule has 30 heavy (non-hydrogen) atoms. The smallest absolute Gasteiger partial charge is 0.269 e. The van der Waals surface area contributed by atoms with Crippen molar-refractivity contribution < 1.29 is 19.1 Å². The molecule has 3 amide bonds. The largest absolute Gasteiger partial charge is 0.492 e. The topological polar surface area (TPSA) is 96.5 Å². The van der Waals surface area contributed by atoms with Crippen molar-refractivity contribution >= 4 is 33.7 Å². The van der Waals surface area contributed by atoms with Gasteiger partial charge in [-0.2, -0.15) is 0 Å². The molecule has 0 radical (unpaired) electrons. The first-order valence-corrected chi connectivity index (χ1v) is 10.5. The quantitative estimate of drug-likeness (QED) is 0.484. The lowest BCUT2D eigenvalue weighted by atomic mass is 10.2. The minimum Gasteiger partial charge on any atom is -0.492 e. The molecule has 0 spiro atoms. The van der Waals surface area contributed by atoms with Gasteiger partial charge in [-0.1, -0.05) is 44.2 Å². The van der Waals surface area contributed by atoms with Gasteiger partial charge in [0.05, 0.1) is 11.1 Å². The monoisotopic (exact) mass is 475 g/mol. The summed E-state index contributed by atoms with van der Waals surface area (Å²) in [6.45, 7) is 5.07. The van der Waals surface area contributed by atoms with Gasteiger partial charge in [0.2, 0.25) is 11.8 Å². The van der Waals surface area contributed by atoms with E-state index >= 15 is 0 Å². The fourth-order valence-electron chi connectivity index (χ4n) is 2.39. The van der Waals surface area contributed by atoms with Crippen molar-refractivity contribution in [3.05, 3.63) is 64.1 Å². The Labute approximate surface area is 184 Å². The van der Waals surface area contributed by atoms with Crippen molar-refractivity contribution in [1.29, 1.82) is 0 Å². The molecule has 3 N–H and O–H groups in total. The average molecular weight is 476 g/mol. The molecule has 2 rings (SSSR count). The number of carbonyl (C=O) groups is 3. The van der Waals surface area contributed by atoms with E-state index in [0.717, 1.165) is 5.56 Å². The predicted octanol–water partition coefficient (Wildman–Crippen LogP) is 3.34. The molecule has 2 aromatic carbocycles. The fourth-order valence-corrected chi connectivity index (χ4v) is 2.88. The maximum absolute atomic E-state index is 12.2. The highest BCUT2D eigenvalue weighted by atomic mass is 79.9. The normalized spacial score (nSPS) is 10.4. The van der Waals surface area contributed by atoms with Crippen molar-refractivity contribution in [3.63, 3.8) is 0 Å². The number of nitrogens with one attached hydrogen (secondary N) is 3. The number of halogens is 1. The summed E-state index contributed by atoms with van der Waals surface area (Å²) in [6.07, 6.45) is -0.00541. The van der Waals surface area contributed by atoms with E-state index in [1.54, 1.807) is 18.2 Å². The van der Waals surface area contributed by atoms with E-state index in [2.05, 4.69) is 32.1 Å². The Balaban J connectivity index is 1.71. The van der Waals surface area contributed by atoms with Gasteiger partial charge in [0.25, 0.3) is 5.91 Å². The molecule has 0 aliphatic heterocycles. The molecular formula is C22H26BrN3O4. The highest BCUT2D eigenvalue weighted by Crippen LogP contribution is 2.26. The van der Waals surface area contributed by atoms with E-state index in [4.69, 9.17) is 4.74 Å². The lowest BCUT2D eigenvalue weighted by Gasteiger charge is -2.12. The lowest BCUT2D eigenvalue weighted by Crippen LogP contribution is -2.42. The van der Waals surface area contributed by atoms with Crippen molar-refractivity contribution in [2.45, 2.75) is 33.2 Å². The number of amides is 3. The minimum absolute atomic E-state index is 0.0297. The Morgan fingerprint density at radius 3 is 2.33 bits per heavy atom. The number of hydrazine groups is 1. The highest BCUT2D eigenvalue weighted by molar-refractivity contribution is 9.10. The molecule has 0 aliphatic rings. The number of hydrogen-bond acceptors (Lipinski definition) is 4. The molecule has 8 heteroatoms. The summed E-state index contributed by atoms with van der Waals surface area (Å²) >= 11 is 3.38. The third-order valence-corrected chi connectivity index (χ3v) is 4.61. The molecule has 0 unspecified atom stereocenters. The lowest BCUT2D eigenvalue weighted by molar-refractivity contribution is -0.126. The molecule has 0 saturated carbocycles. The summed E-state index contributed by atoms with van der Waals surface area (Å²) in [5, 5.41) is 2.75. The van der Waals surface area contributed by atoms with Gasteiger partial charge >= 0.3 is 0 Å². The summed E-state index contributed by atoms with van der Waals surface area (Å²) in [4.78, 5) is 36.0. The molecule has 0 bridgehead atoms. The predicted molar refractivity (Wildman–Crippen MR) is 118 cm³/mol. The molecular weight excluding hydrogens is 450 g/mol. The van der Waals surface area contributed by atoms with Gasteiger partial charge in [-0.15, -0.1) is 0 Å². The Bertz CT molecular complexity index is 872. The maximum atomic E-state index is 12.2. The fraction of sp³-hybridized carbons (Fsp3) is 0.318. The number of rotatable bonds is 9. The third-order valence-electron chi connectivity index (χ3n) is 3.99. The van der Waals surface area contributed by atoms with E-state index in [0.29, 0.717) is 34.9 Å². The number of hydrogen-bond donors (Lipinski definition) is 3. The first-order valence-electron chi connectivity index (χ1n) is 9.67. The van der Waals surface area contributed by atoms with Crippen molar-refractivity contribution in [3.8, 4) is 5.75 Å². The highest BCUT2D eigenvalue weighted by Gasteiger charge is 2.12.